The summed E-state index contributed by atoms with van der Waals surface area (Å²) in [4.78, 5) is 15.5. The maximum atomic E-state index is 11.4. The van der Waals surface area contributed by atoms with Crippen molar-refractivity contribution >= 4 is 5.78 Å². The van der Waals surface area contributed by atoms with Crippen molar-refractivity contribution < 1.29 is 9.32 Å². The van der Waals surface area contributed by atoms with Crippen LogP contribution in [-0.4, -0.2) is 15.9 Å². The van der Waals surface area contributed by atoms with Gasteiger partial charge in [0, 0.05) is 12.8 Å². The van der Waals surface area contributed by atoms with E-state index in [0.717, 1.165) is 12.8 Å². The second-order valence-corrected chi connectivity index (χ2v) is 3.34. The molecule has 1 unspecified atom stereocenters. The molecular formula is C10H16N2O2. The van der Waals surface area contributed by atoms with Crippen molar-refractivity contribution in [3.63, 3.8) is 0 Å². The van der Waals surface area contributed by atoms with Gasteiger partial charge < -0.3 is 4.52 Å². The minimum Gasteiger partial charge on any atom is -0.339 e. The Balaban J connectivity index is 2.70. The minimum absolute atomic E-state index is 0.136. The van der Waals surface area contributed by atoms with Crippen LogP contribution in [0.15, 0.2) is 4.52 Å². The molecule has 1 aromatic heterocycles. The van der Waals surface area contributed by atoms with Gasteiger partial charge in [-0.3, -0.25) is 4.79 Å². The summed E-state index contributed by atoms with van der Waals surface area (Å²) in [5.41, 5.74) is 0. The molecular weight excluding hydrogens is 180 g/mol. The Morgan fingerprint density at radius 2 is 2.21 bits per heavy atom. The van der Waals surface area contributed by atoms with Gasteiger partial charge in [-0.2, -0.15) is 4.98 Å². The molecule has 0 aliphatic carbocycles. The van der Waals surface area contributed by atoms with Gasteiger partial charge in [0.15, 0.2) is 5.82 Å². The first-order valence-corrected chi connectivity index (χ1v) is 5.04. The molecule has 1 atom stereocenters. The van der Waals surface area contributed by atoms with E-state index in [0.29, 0.717) is 18.1 Å². The smallest absolute Gasteiger partial charge is 0.236 e. The van der Waals surface area contributed by atoms with Crippen LogP contribution < -0.4 is 0 Å². The predicted molar refractivity (Wildman–Crippen MR) is 52.0 cm³/mol. The zero-order valence-corrected chi connectivity index (χ0v) is 8.91. The van der Waals surface area contributed by atoms with Gasteiger partial charge in [0.2, 0.25) is 5.89 Å². The van der Waals surface area contributed by atoms with Crippen LogP contribution in [0.25, 0.3) is 0 Å². The molecule has 0 amide bonds. The third-order valence-electron chi connectivity index (χ3n) is 2.16. The molecule has 1 heterocycles. The lowest BCUT2D eigenvalue weighted by Crippen LogP contribution is -2.07. The molecule has 0 aliphatic heterocycles. The molecule has 14 heavy (non-hydrogen) atoms. The molecule has 1 aromatic rings. The number of rotatable bonds is 5. The van der Waals surface area contributed by atoms with Crippen molar-refractivity contribution in [3.05, 3.63) is 11.7 Å². The van der Waals surface area contributed by atoms with Crippen LogP contribution >= 0.6 is 0 Å². The fourth-order valence-corrected chi connectivity index (χ4v) is 1.21. The third kappa shape index (κ3) is 2.40. The van der Waals surface area contributed by atoms with Gasteiger partial charge >= 0.3 is 0 Å². The lowest BCUT2D eigenvalue weighted by Gasteiger charge is -2.01. The molecule has 78 valence electrons. The van der Waals surface area contributed by atoms with E-state index >= 15 is 0 Å². The molecule has 0 spiro atoms. The zero-order chi connectivity index (χ0) is 10.6. The van der Waals surface area contributed by atoms with E-state index in [1.807, 2.05) is 6.92 Å². The van der Waals surface area contributed by atoms with Crippen molar-refractivity contribution in [3.8, 4) is 0 Å². The monoisotopic (exact) mass is 196 g/mol. The number of aryl methyl sites for hydroxylation is 1. The standard InChI is InChI=1S/C10H16N2O2/c1-4-6-9-11-10(14-12-9)7(3)8(13)5-2/h7H,4-6H2,1-3H3. The van der Waals surface area contributed by atoms with E-state index in [2.05, 4.69) is 17.1 Å². The number of aromatic nitrogens is 2. The second kappa shape index (κ2) is 4.88. The molecule has 0 fully saturated rings. The lowest BCUT2D eigenvalue weighted by molar-refractivity contribution is -0.120. The van der Waals surface area contributed by atoms with Gasteiger partial charge in [-0.05, 0) is 13.3 Å². The number of Topliss-reactive ketones (excluding diaryl/α,β-unsaturated/α-hetero) is 1. The maximum absolute atomic E-state index is 11.4. The first-order chi connectivity index (χ1) is 6.69. The average molecular weight is 196 g/mol. The van der Waals surface area contributed by atoms with E-state index < -0.39 is 0 Å². The van der Waals surface area contributed by atoms with Crippen LogP contribution in [0.3, 0.4) is 0 Å². The van der Waals surface area contributed by atoms with Crippen molar-refractivity contribution in [1.82, 2.24) is 10.1 Å². The summed E-state index contributed by atoms with van der Waals surface area (Å²) in [5.74, 6) is 1.01. The summed E-state index contributed by atoms with van der Waals surface area (Å²) in [7, 11) is 0. The Hall–Kier alpha value is -1.19. The van der Waals surface area contributed by atoms with Crippen molar-refractivity contribution in [2.75, 3.05) is 0 Å². The van der Waals surface area contributed by atoms with Crippen LogP contribution in [0, 0.1) is 0 Å². The summed E-state index contributed by atoms with van der Waals surface area (Å²) < 4.78 is 5.02. The molecule has 0 aromatic carbocycles. The van der Waals surface area contributed by atoms with E-state index in [4.69, 9.17) is 4.52 Å². The fraction of sp³-hybridized carbons (Fsp3) is 0.700. The van der Waals surface area contributed by atoms with Gasteiger partial charge in [-0.15, -0.1) is 0 Å². The highest BCUT2D eigenvalue weighted by atomic mass is 16.5. The first kappa shape index (κ1) is 10.9. The van der Waals surface area contributed by atoms with Gasteiger partial charge in [-0.25, -0.2) is 0 Å². The number of carbonyl (C=O) groups excluding carboxylic acids is 1. The summed E-state index contributed by atoms with van der Waals surface area (Å²) in [6.07, 6.45) is 2.29. The quantitative estimate of drug-likeness (QED) is 0.723. The summed E-state index contributed by atoms with van der Waals surface area (Å²) in [6.45, 7) is 5.69. The molecule has 4 nitrogen and oxygen atoms in total. The lowest BCUT2D eigenvalue weighted by atomic mass is 10.1. The highest BCUT2D eigenvalue weighted by molar-refractivity contribution is 5.83. The summed E-state index contributed by atoms with van der Waals surface area (Å²) >= 11 is 0. The van der Waals surface area contributed by atoms with Gasteiger partial charge in [0.05, 0.1) is 5.92 Å². The first-order valence-electron chi connectivity index (χ1n) is 5.04. The molecule has 0 saturated carbocycles. The highest BCUT2D eigenvalue weighted by Gasteiger charge is 2.19. The van der Waals surface area contributed by atoms with Crippen LogP contribution in [0.1, 0.15) is 51.2 Å². The molecule has 1 rings (SSSR count). The average Bonchev–Trinajstić information content (AvgIpc) is 2.64. The normalized spacial score (nSPS) is 12.8. The number of hydrogen-bond acceptors (Lipinski definition) is 4. The molecule has 0 bridgehead atoms. The van der Waals surface area contributed by atoms with Crippen LogP contribution in [0.5, 0.6) is 0 Å². The molecule has 0 N–H and O–H groups in total. The Labute approximate surface area is 83.7 Å². The van der Waals surface area contributed by atoms with Gasteiger partial charge in [0.25, 0.3) is 0 Å². The third-order valence-corrected chi connectivity index (χ3v) is 2.16. The van der Waals surface area contributed by atoms with Crippen molar-refractivity contribution in [2.24, 2.45) is 0 Å². The Kier molecular flexibility index (Phi) is 3.80. The van der Waals surface area contributed by atoms with Crippen molar-refractivity contribution in [1.29, 1.82) is 0 Å². The Bertz CT molecular complexity index is 307. The number of hydrogen-bond donors (Lipinski definition) is 0. The van der Waals surface area contributed by atoms with Crippen LogP contribution in [-0.2, 0) is 11.2 Å². The predicted octanol–water partition coefficient (Wildman–Crippen LogP) is 2.10. The van der Waals surface area contributed by atoms with Gasteiger partial charge in [0.1, 0.15) is 5.78 Å². The largest absolute Gasteiger partial charge is 0.339 e. The molecule has 0 saturated heterocycles. The molecule has 0 aliphatic rings. The van der Waals surface area contributed by atoms with Crippen LogP contribution in [0.4, 0.5) is 0 Å². The molecule has 4 heteroatoms. The number of nitrogens with zero attached hydrogens (tertiary/aromatic N) is 2. The summed E-state index contributed by atoms with van der Waals surface area (Å²) in [5, 5.41) is 3.81. The SMILES string of the molecule is CCCc1noc(C(C)C(=O)CC)n1. The van der Waals surface area contributed by atoms with Crippen molar-refractivity contribution in [2.45, 2.75) is 46.0 Å². The zero-order valence-electron chi connectivity index (χ0n) is 8.91. The van der Waals surface area contributed by atoms with Crippen LogP contribution in [0.2, 0.25) is 0 Å². The maximum Gasteiger partial charge on any atom is 0.236 e. The number of ketones is 1. The summed E-state index contributed by atoms with van der Waals surface area (Å²) in [6, 6.07) is 0. The topological polar surface area (TPSA) is 56.0 Å². The Morgan fingerprint density at radius 1 is 1.50 bits per heavy atom. The van der Waals surface area contributed by atoms with E-state index in [1.165, 1.54) is 0 Å². The fourth-order valence-electron chi connectivity index (χ4n) is 1.21. The van der Waals surface area contributed by atoms with E-state index in [1.54, 1.807) is 6.92 Å². The minimum atomic E-state index is -0.266. The van der Waals surface area contributed by atoms with Gasteiger partial charge in [-0.1, -0.05) is 19.0 Å². The van der Waals surface area contributed by atoms with E-state index in [-0.39, 0.29) is 11.7 Å². The Morgan fingerprint density at radius 3 is 2.79 bits per heavy atom. The number of carbonyl (C=O) groups is 1. The highest BCUT2D eigenvalue weighted by Crippen LogP contribution is 2.15. The molecule has 0 radical (unpaired) electrons. The second-order valence-electron chi connectivity index (χ2n) is 3.34. The van der Waals surface area contributed by atoms with E-state index in [9.17, 15) is 4.79 Å².